The summed E-state index contributed by atoms with van der Waals surface area (Å²) in [5, 5.41) is 4.52. The number of aromatic nitrogens is 3. The minimum absolute atomic E-state index is 0.0679. The van der Waals surface area contributed by atoms with Crippen LogP contribution in [0.5, 0.6) is 0 Å². The van der Waals surface area contributed by atoms with Crippen LogP contribution in [-0.4, -0.2) is 33.2 Å². The number of rotatable bonds is 9. The van der Waals surface area contributed by atoms with E-state index in [9.17, 15) is 18.8 Å². The number of benzene rings is 1. The van der Waals surface area contributed by atoms with Crippen LogP contribution in [-0.2, 0) is 17.8 Å². The van der Waals surface area contributed by atoms with Crippen molar-refractivity contribution in [2.75, 3.05) is 11.5 Å². The molecule has 174 valence electrons. The quantitative estimate of drug-likeness (QED) is 0.438. The lowest BCUT2D eigenvalue weighted by atomic mass is 10.2. The molecule has 0 saturated carbocycles. The topological polar surface area (TPSA) is 94.4 Å². The molecular weight excluding hydrogens is 447 g/mol. The molecule has 0 N–H and O–H groups in total. The number of ether oxygens (including phenoxy) is 1. The molecule has 2 heterocycles. The minimum atomic E-state index is -0.515. The van der Waals surface area contributed by atoms with Gasteiger partial charge in [0.15, 0.2) is 5.13 Å². The molecular formula is C23H25FN4O4S. The minimum Gasteiger partial charge on any atom is -0.462 e. The molecule has 0 fully saturated rings. The summed E-state index contributed by atoms with van der Waals surface area (Å²) in [6.07, 6.45) is 1.62. The first-order valence-corrected chi connectivity index (χ1v) is 11.4. The van der Waals surface area contributed by atoms with Crippen LogP contribution >= 0.6 is 11.3 Å². The number of amides is 1. The number of halogens is 1. The molecule has 1 amide bonds. The number of unbranched alkanes of at least 4 members (excludes halogenated alkanes) is 1. The van der Waals surface area contributed by atoms with Crippen LogP contribution in [0, 0.1) is 12.7 Å². The van der Waals surface area contributed by atoms with Crippen molar-refractivity contribution in [3.8, 4) is 0 Å². The second kappa shape index (κ2) is 11.0. The maximum absolute atomic E-state index is 13.5. The summed E-state index contributed by atoms with van der Waals surface area (Å²) in [5.41, 5.74) is 0.874. The van der Waals surface area contributed by atoms with Crippen molar-refractivity contribution < 1.29 is 18.7 Å². The van der Waals surface area contributed by atoms with E-state index in [2.05, 4.69) is 10.1 Å². The summed E-state index contributed by atoms with van der Waals surface area (Å²) >= 11 is 1.03. The largest absolute Gasteiger partial charge is 0.462 e. The number of carbonyl (C=O) groups is 2. The Hall–Kier alpha value is -3.40. The summed E-state index contributed by atoms with van der Waals surface area (Å²) in [7, 11) is 0. The lowest BCUT2D eigenvalue weighted by Crippen LogP contribution is -2.33. The summed E-state index contributed by atoms with van der Waals surface area (Å²) in [5.74, 6) is -1.40. The predicted molar refractivity (Wildman–Crippen MR) is 123 cm³/mol. The third kappa shape index (κ3) is 5.89. The number of thiazole rings is 1. The first-order chi connectivity index (χ1) is 15.8. The first kappa shape index (κ1) is 24.2. The SMILES string of the molecule is CCCCn1nc(C(=O)N(Cc2ccc(F)cc2)c2nc(C)c(C(=O)OCC)s2)ccc1=O. The fourth-order valence-electron chi connectivity index (χ4n) is 3.05. The average Bonchev–Trinajstić information content (AvgIpc) is 3.19. The standard InChI is InChI=1S/C23H25FN4O4S/c1-4-6-13-28-19(29)12-11-18(26-28)21(30)27(14-16-7-9-17(24)10-8-16)23-25-15(3)20(33-23)22(31)32-5-2/h7-12H,4-6,13-14H2,1-3H3. The summed E-state index contributed by atoms with van der Waals surface area (Å²) in [4.78, 5) is 44.0. The van der Waals surface area contributed by atoms with Crippen LogP contribution in [0.15, 0.2) is 41.2 Å². The molecule has 0 aliphatic rings. The zero-order chi connectivity index (χ0) is 24.0. The van der Waals surface area contributed by atoms with E-state index in [1.54, 1.807) is 26.0 Å². The molecule has 0 radical (unpaired) electrons. The van der Waals surface area contributed by atoms with E-state index in [0.717, 1.165) is 24.2 Å². The Kier molecular flexibility index (Phi) is 8.05. The van der Waals surface area contributed by atoms with Crippen molar-refractivity contribution in [1.82, 2.24) is 14.8 Å². The van der Waals surface area contributed by atoms with E-state index in [1.165, 1.54) is 33.8 Å². The van der Waals surface area contributed by atoms with Crippen molar-refractivity contribution in [2.45, 2.75) is 46.7 Å². The Morgan fingerprint density at radius 1 is 1.15 bits per heavy atom. The molecule has 33 heavy (non-hydrogen) atoms. The molecule has 0 spiro atoms. The second-order valence-electron chi connectivity index (χ2n) is 7.28. The maximum atomic E-state index is 13.5. The average molecular weight is 473 g/mol. The zero-order valence-corrected chi connectivity index (χ0v) is 19.5. The Balaban J connectivity index is 2.01. The fourth-order valence-corrected chi connectivity index (χ4v) is 4.01. The van der Waals surface area contributed by atoms with Crippen LogP contribution in [0.2, 0.25) is 0 Å². The number of nitrogens with zero attached hydrogens (tertiary/aromatic N) is 4. The summed E-state index contributed by atoms with van der Waals surface area (Å²) < 4.78 is 19.7. The molecule has 0 atom stereocenters. The van der Waals surface area contributed by atoms with Crippen molar-refractivity contribution in [2.24, 2.45) is 0 Å². The molecule has 2 aromatic heterocycles. The third-order valence-electron chi connectivity index (χ3n) is 4.79. The van der Waals surface area contributed by atoms with Crippen LogP contribution in [0.25, 0.3) is 0 Å². The normalized spacial score (nSPS) is 10.8. The van der Waals surface area contributed by atoms with Gasteiger partial charge in [0.25, 0.3) is 11.5 Å². The van der Waals surface area contributed by atoms with Gasteiger partial charge in [-0.25, -0.2) is 18.9 Å². The molecule has 10 heteroatoms. The van der Waals surface area contributed by atoms with E-state index < -0.39 is 17.7 Å². The van der Waals surface area contributed by atoms with Gasteiger partial charge in [-0.1, -0.05) is 36.8 Å². The van der Waals surface area contributed by atoms with E-state index in [4.69, 9.17) is 4.74 Å². The van der Waals surface area contributed by atoms with Gasteiger partial charge in [0, 0.05) is 12.6 Å². The summed E-state index contributed by atoms with van der Waals surface area (Å²) in [6.45, 7) is 6.06. The van der Waals surface area contributed by atoms with Gasteiger partial charge in [-0.2, -0.15) is 5.10 Å². The Bertz CT molecular complexity index is 1190. The van der Waals surface area contributed by atoms with Gasteiger partial charge in [0.1, 0.15) is 16.4 Å². The lowest BCUT2D eigenvalue weighted by Gasteiger charge is -2.20. The molecule has 0 unspecified atom stereocenters. The van der Waals surface area contributed by atoms with Crippen molar-refractivity contribution in [3.63, 3.8) is 0 Å². The molecule has 3 rings (SSSR count). The number of hydrogen-bond donors (Lipinski definition) is 0. The van der Waals surface area contributed by atoms with Gasteiger partial charge in [-0.3, -0.25) is 14.5 Å². The number of anilines is 1. The highest BCUT2D eigenvalue weighted by atomic mass is 32.1. The second-order valence-corrected chi connectivity index (χ2v) is 8.26. The van der Waals surface area contributed by atoms with Crippen molar-refractivity contribution >= 4 is 28.3 Å². The van der Waals surface area contributed by atoms with E-state index in [-0.39, 0.29) is 29.5 Å². The van der Waals surface area contributed by atoms with Crippen LogP contribution in [0.1, 0.15) is 58.1 Å². The van der Waals surface area contributed by atoms with Gasteiger partial charge in [-0.15, -0.1) is 0 Å². The number of esters is 1. The van der Waals surface area contributed by atoms with E-state index >= 15 is 0 Å². The first-order valence-electron chi connectivity index (χ1n) is 10.6. The highest BCUT2D eigenvalue weighted by Gasteiger charge is 2.26. The van der Waals surface area contributed by atoms with Crippen LogP contribution < -0.4 is 10.5 Å². The number of aryl methyl sites for hydroxylation is 2. The van der Waals surface area contributed by atoms with Gasteiger partial charge in [0.05, 0.1) is 18.8 Å². The van der Waals surface area contributed by atoms with Crippen LogP contribution in [0.3, 0.4) is 0 Å². The summed E-state index contributed by atoms with van der Waals surface area (Å²) in [6, 6.07) is 8.42. The Labute approximate surface area is 194 Å². The number of carbonyl (C=O) groups excluding carboxylic acids is 2. The molecule has 0 bridgehead atoms. The van der Waals surface area contributed by atoms with E-state index in [0.29, 0.717) is 22.7 Å². The molecule has 0 aliphatic heterocycles. The van der Waals surface area contributed by atoms with Gasteiger partial charge in [-0.05, 0) is 44.0 Å². The Morgan fingerprint density at radius 2 is 1.88 bits per heavy atom. The zero-order valence-electron chi connectivity index (χ0n) is 18.7. The van der Waals surface area contributed by atoms with Gasteiger partial charge in [0.2, 0.25) is 0 Å². The monoisotopic (exact) mass is 472 g/mol. The van der Waals surface area contributed by atoms with Crippen molar-refractivity contribution in [1.29, 1.82) is 0 Å². The van der Waals surface area contributed by atoms with Gasteiger partial charge >= 0.3 is 5.97 Å². The molecule has 3 aromatic rings. The predicted octanol–water partition coefficient (Wildman–Crippen LogP) is 3.97. The fraction of sp³-hybridized carbons (Fsp3) is 0.348. The number of hydrogen-bond acceptors (Lipinski definition) is 7. The lowest BCUT2D eigenvalue weighted by molar-refractivity contribution is 0.0531. The van der Waals surface area contributed by atoms with Crippen LogP contribution in [0.4, 0.5) is 9.52 Å². The smallest absolute Gasteiger partial charge is 0.350 e. The highest BCUT2D eigenvalue weighted by molar-refractivity contribution is 7.17. The van der Waals surface area contributed by atoms with E-state index in [1.807, 2.05) is 6.92 Å². The highest BCUT2D eigenvalue weighted by Crippen LogP contribution is 2.29. The third-order valence-corrected chi connectivity index (χ3v) is 5.95. The maximum Gasteiger partial charge on any atom is 0.350 e. The molecule has 0 saturated heterocycles. The molecule has 0 aliphatic carbocycles. The van der Waals surface area contributed by atoms with Crippen molar-refractivity contribution in [3.05, 3.63) is 74.4 Å². The molecule has 1 aromatic carbocycles. The Morgan fingerprint density at radius 3 is 2.55 bits per heavy atom. The molecule has 8 nitrogen and oxygen atoms in total. The van der Waals surface area contributed by atoms with Gasteiger partial charge < -0.3 is 4.74 Å².